The van der Waals surface area contributed by atoms with Gasteiger partial charge in [0, 0.05) is 11.3 Å². The van der Waals surface area contributed by atoms with Crippen LogP contribution in [0.4, 0.5) is 5.69 Å². The number of benzene rings is 2. The molecule has 0 atom stereocenters. The van der Waals surface area contributed by atoms with Crippen LogP contribution in [-0.2, 0) is 10.2 Å². The summed E-state index contributed by atoms with van der Waals surface area (Å²) in [5.41, 5.74) is 0.671. The molecule has 0 aliphatic heterocycles. The molecule has 6 heteroatoms. The largest absolute Gasteiger partial charge is 0.493 e. The number of carboxylic acid groups (broad SMARTS) is 1. The fourth-order valence-corrected chi connectivity index (χ4v) is 2.38. The lowest BCUT2D eigenvalue weighted by Gasteiger charge is -2.20. The fraction of sp³-hybridized carbons (Fsp3) is 0.300. The van der Waals surface area contributed by atoms with E-state index in [-0.39, 0.29) is 5.91 Å². The number of ether oxygens (including phenoxy) is 2. The molecular weight excluding hydrogens is 334 g/mol. The predicted octanol–water partition coefficient (Wildman–Crippen LogP) is 3.71. The first-order valence-corrected chi connectivity index (χ1v) is 8.25. The summed E-state index contributed by atoms with van der Waals surface area (Å²) in [6.45, 7) is 5.64. The van der Waals surface area contributed by atoms with Crippen molar-refractivity contribution in [2.75, 3.05) is 19.0 Å². The molecule has 26 heavy (non-hydrogen) atoms. The van der Waals surface area contributed by atoms with Gasteiger partial charge in [0.25, 0.3) is 5.91 Å². The highest BCUT2D eigenvalue weighted by atomic mass is 16.5. The molecule has 0 bridgehead atoms. The third-order valence-corrected chi connectivity index (χ3v) is 4.12. The van der Waals surface area contributed by atoms with E-state index in [1.165, 1.54) is 7.11 Å². The smallest absolute Gasteiger partial charge is 0.313 e. The van der Waals surface area contributed by atoms with E-state index in [0.29, 0.717) is 34.9 Å². The first-order chi connectivity index (χ1) is 12.3. The Balaban J connectivity index is 2.16. The Labute approximate surface area is 152 Å². The van der Waals surface area contributed by atoms with E-state index in [1.54, 1.807) is 56.3 Å². The molecule has 1 amide bonds. The lowest BCUT2D eigenvalue weighted by molar-refractivity contribution is -0.142. The third kappa shape index (κ3) is 4.14. The van der Waals surface area contributed by atoms with Crippen LogP contribution in [0.2, 0.25) is 0 Å². The number of aliphatic carboxylic acids is 1. The van der Waals surface area contributed by atoms with Gasteiger partial charge in [0.05, 0.1) is 19.1 Å². The van der Waals surface area contributed by atoms with Crippen molar-refractivity contribution in [3.05, 3.63) is 53.6 Å². The van der Waals surface area contributed by atoms with Crippen molar-refractivity contribution in [3.63, 3.8) is 0 Å². The molecule has 0 unspecified atom stereocenters. The summed E-state index contributed by atoms with van der Waals surface area (Å²) >= 11 is 0. The van der Waals surface area contributed by atoms with Crippen LogP contribution in [0.1, 0.15) is 36.7 Å². The average Bonchev–Trinajstić information content (AvgIpc) is 2.62. The zero-order valence-corrected chi connectivity index (χ0v) is 15.3. The Morgan fingerprint density at radius 2 is 1.73 bits per heavy atom. The van der Waals surface area contributed by atoms with Gasteiger partial charge in [0.2, 0.25) is 0 Å². The van der Waals surface area contributed by atoms with Gasteiger partial charge in [-0.05, 0) is 56.7 Å². The summed E-state index contributed by atoms with van der Waals surface area (Å²) in [4.78, 5) is 23.8. The second-order valence-corrected chi connectivity index (χ2v) is 6.26. The first-order valence-electron chi connectivity index (χ1n) is 8.25. The molecule has 0 aromatic heterocycles. The summed E-state index contributed by atoms with van der Waals surface area (Å²) in [5, 5.41) is 12.1. The summed E-state index contributed by atoms with van der Waals surface area (Å²) in [6.07, 6.45) is 0. The molecule has 2 N–H and O–H groups in total. The molecule has 0 aliphatic rings. The van der Waals surface area contributed by atoms with E-state index in [2.05, 4.69) is 5.32 Å². The second kappa shape index (κ2) is 7.91. The van der Waals surface area contributed by atoms with Gasteiger partial charge in [-0.3, -0.25) is 9.59 Å². The highest BCUT2D eigenvalue weighted by Gasteiger charge is 2.29. The van der Waals surface area contributed by atoms with Crippen molar-refractivity contribution in [1.29, 1.82) is 0 Å². The maximum absolute atomic E-state index is 12.4. The molecule has 138 valence electrons. The molecule has 0 aliphatic carbocycles. The van der Waals surface area contributed by atoms with E-state index < -0.39 is 11.4 Å². The Kier molecular flexibility index (Phi) is 5.87. The van der Waals surface area contributed by atoms with E-state index >= 15 is 0 Å². The molecule has 0 saturated carbocycles. The second-order valence-electron chi connectivity index (χ2n) is 6.26. The zero-order chi connectivity index (χ0) is 19.3. The Morgan fingerprint density at radius 3 is 2.27 bits per heavy atom. The Morgan fingerprint density at radius 1 is 1.08 bits per heavy atom. The quantitative estimate of drug-likeness (QED) is 0.789. The summed E-state index contributed by atoms with van der Waals surface area (Å²) in [6, 6.07) is 11.7. The van der Waals surface area contributed by atoms with Crippen LogP contribution in [0, 0.1) is 0 Å². The van der Waals surface area contributed by atoms with Crippen molar-refractivity contribution < 1.29 is 24.2 Å². The average molecular weight is 357 g/mol. The number of carbonyl (C=O) groups excluding carboxylic acids is 1. The maximum Gasteiger partial charge on any atom is 0.313 e. The lowest BCUT2D eigenvalue weighted by Crippen LogP contribution is -2.28. The number of carbonyl (C=O) groups is 2. The van der Waals surface area contributed by atoms with E-state index in [9.17, 15) is 14.7 Å². The van der Waals surface area contributed by atoms with Gasteiger partial charge >= 0.3 is 5.97 Å². The topological polar surface area (TPSA) is 84.9 Å². The standard InChI is InChI=1S/C20H23NO5/c1-5-26-16-11-6-13(12-17(16)25-4)18(22)21-15-9-7-14(8-10-15)20(2,3)19(23)24/h6-12H,5H2,1-4H3,(H,21,22)(H,23,24). The highest BCUT2D eigenvalue weighted by Crippen LogP contribution is 2.29. The number of rotatable bonds is 7. The molecule has 0 fully saturated rings. The van der Waals surface area contributed by atoms with Gasteiger partial charge in [-0.25, -0.2) is 0 Å². The van der Waals surface area contributed by atoms with E-state index in [4.69, 9.17) is 9.47 Å². The molecular formula is C20H23NO5. The maximum atomic E-state index is 12.4. The zero-order valence-electron chi connectivity index (χ0n) is 15.3. The normalized spacial score (nSPS) is 10.9. The van der Waals surface area contributed by atoms with Crippen molar-refractivity contribution in [3.8, 4) is 11.5 Å². The molecule has 2 aromatic rings. The number of amides is 1. The molecule has 2 aromatic carbocycles. The molecule has 6 nitrogen and oxygen atoms in total. The fourth-order valence-electron chi connectivity index (χ4n) is 2.38. The van der Waals surface area contributed by atoms with Crippen LogP contribution in [0.3, 0.4) is 0 Å². The van der Waals surface area contributed by atoms with Crippen LogP contribution < -0.4 is 14.8 Å². The summed E-state index contributed by atoms with van der Waals surface area (Å²) in [5.74, 6) is -0.141. The molecule has 0 radical (unpaired) electrons. The van der Waals surface area contributed by atoms with Gasteiger partial charge in [-0.1, -0.05) is 12.1 Å². The number of hydrogen-bond donors (Lipinski definition) is 2. The van der Waals surface area contributed by atoms with Crippen LogP contribution in [0.5, 0.6) is 11.5 Å². The number of anilines is 1. The Hall–Kier alpha value is -3.02. The highest BCUT2D eigenvalue weighted by molar-refractivity contribution is 6.04. The number of carboxylic acids is 1. The number of hydrogen-bond acceptors (Lipinski definition) is 4. The van der Waals surface area contributed by atoms with Crippen LogP contribution in [0.25, 0.3) is 0 Å². The molecule has 2 rings (SSSR count). The Bertz CT molecular complexity index is 796. The molecule has 0 spiro atoms. The first kappa shape index (κ1) is 19.3. The van der Waals surface area contributed by atoms with Crippen molar-refractivity contribution in [2.24, 2.45) is 0 Å². The van der Waals surface area contributed by atoms with Gasteiger partial charge in [0.15, 0.2) is 11.5 Å². The van der Waals surface area contributed by atoms with Crippen LogP contribution in [0.15, 0.2) is 42.5 Å². The van der Waals surface area contributed by atoms with Gasteiger partial charge in [-0.15, -0.1) is 0 Å². The van der Waals surface area contributed by atoms with Crippen LogP contribution in [-0.4, -0.2) is 30.7 Å². The minimum Gasteiger partial charge on any atom is -0.493 e. The molecule has 0 heterocycles. The predicted molar refractivity (Wildman–Crippen MR) is 99.2 cm³/mol. The SMILES string of the molecule is CCOc1ccc(C(=O)Nc2ccc(C(C)(C)C(=O)O)cc2)cc1OC. The van der Waals surface area contributed by atoms with Crippen molar-refractivity contribution in [2.45, 2.75) is 26.2 Å². The van der Waals surface area contributed by atoms with Gasteiger partial charge < -0.3 is 19.9 Å². The lowest BCUT2D eigenvalue weighted by atomic mass is 9.85. The summed E-state index contributed by atoms with van der Waals surface area (Å²) < 4.78 is 10.7. The number of nitrogens with one attached hydrogen (secondary N) is 1. The molecule has 0 saturated heterocycles. The van der Waals surface area contributed by atoms with E-state index in [0.717, 1.165) is 0 Å². The van der Waals surface area contributed by atoms with Crippen molar-refractivity contribution in [1.82, 2.24) is 0 Å². The third-order valence-electron chi connectivity index (χ3n) is 4.12. The van der Waals surface area contributed by atoms with Gasteiger partial charge in [-0.2, -0.15) is 0 Å². The van der Waals surface area contributed by atoms with Crippen molar-refractivity contribution >= 4 is 17.6 Å². The minimum absolute atomic E-state index is 0.295. The van der Waals surface area contributed by atoms with E-state index in [1.807, 2.05) is 6.92 Å². The number of methoxy groups -OCH3 is 1. The monoisotopic (exact) mass is 357 g/mol. The van der Waals surface area contributed by atoms with Crippen LogP contribution >= 0.6 is 0 Å². The summed E-state index contributed by atoms with van der Waals surface area (Å²) in [7, 11) is 1.52. The van der Waals surface area contributed by atoms with Gasteiger partial charge in [0.1, 0.15) is 0 Å². The minimum atomic E-state index is -0.995.